The van der Waals surface area contributed by atoms with Crippen molar-refractivity contribution in [2.24, 2.45) is 11.3 Å². The van der Waals surface area contributed by atoms with Crippen molar-refractivity contribution in [2.45, 2.75) is 124 Å². The Bertz CT molecular complexity index is 296. The molecule has 172 valence electrons. The van der Waals surface area contributed by atoms with E-state index in [1.54, 1.807) is 0 Å². The van der Waals surface area contributed by atoms with Crippen molar-refractivity contribution in [3.63, 3.8) is 0 Å². The summed E-state index contributed by atoms with van der Waals surface area (Å²) in [6.45, 7) is 13.4. The van der Waals surface area contributed by atoms with Crippen LogP contribution in [0.3, 0.4) is 0 Å². The summed E-state index contributed by atoms with van der Waals surface area (Å²) in [7, 11) is 6.00. The van der Waals surface area contributed by atoms with Gasteiger partial charge in [-0.25, -0.2) is 0 Å². The van der Waals surface area contributed by atoms with Crippen molar-refractivity contribution in [3.05, 3.63) is 12.7 Å². The Morgan fingerprint density at radius 1 is 0.750 bits per heavy atom. The molecule has 0 bridgehead atoms. The van der Waals surface area contributed by atoms with Gasteiger partial charge >= 0.3 is 0 Å². The van der Waals surface area contributed by atoms with E-state index in [1.165, 1.54) is 96.3 Å². The molecule has 0 aliphatic rings. The molecule has 2 heteroatoms. The third-order valence-electron chi connectivity index (χ3n) is 5.87. The molecule has 0 spiro atoms. The van der Waals surface area contributed by atoms with Crippen LogP contribution in [-0.2, 0) is 0 Å². The molecular weight excluding hydrogens is 362 g/mol. The van der Waals surface area contributed by atoms with Gasteiger partial charge in [0.05, 0.1) is 0 Å². The molecule has 0 fully saturated rings. The van der Waals surface area contributed by atoms with E-state index in [9.17, 15) is 0 Å². The zero-order valence-electron chi connectivity index (χ0n) is 20.8. The average Bonchev–Trinajstić information content (AvgIpc) is 2.61. The van der Waals surface area contributed by atoms with Gasteiger partial charge in [-0.2, -0.15) is 0 Å². The molecule has 0 N–H and O–H groups in total. The van der Waals surface area contributed by atoms with Crippen molar-refractivity contribution in [1.29, 1.82) is 0 Å². The summed E-state index contributed by atoms with van der Waals surface area (Å²) in [4.78, 5) is 2.00. The summed E-state index contributed by atoms with van der Waals surface area (Å²) in [6.07, 6.45) is 23.3. The fourth-order valence-corrected chi connectivity index (χ4v) is 3.55. The molecule has 0 aromatic heterocycles. The van der Waals surface area contributed by atoms with Crippen LogP contribution in [0.25, 0.3) is 0 Å². The summed E-state index contributed by atoms with van der Waals surface area (Å²) in [6, 6.07) is 0. The maximum absolute atomic E-state index is 3.96. The standard InChI is InChI=1S/C23H46.C3H9N.ClH/c1-6-9-10-11-12-13-14-15-16-17-18-19-21-22(20-7-2)23(4,5)8-3;1-4(2)3;/h7,22H,2,6,8-21H2,1,3-5H3;1-3H3;1H. The van der Waals surface area contributed by atoms with Crippen LogP contribution in [0.5, 0.6) is 0 Å². The molecule has 28 heavy (non-hydrogen) atoms. The van der Waals surface area contributed by atoms with Gasteiger partial charge in [0.2, 0.25) is 0 Å². The number of hydrogen-bond acceptors (Lipinski definition) is 1. The molecule has 0 heterocycles. The highest BCUT2D eigenvalue weighted by Gasteiger charge is 2.25. The predicted molar refractivity (Wildman–Crippen MR) is 135 cm³/mol. The first-order valence-electron chi connectivity index (χ1n) is 12.0. The minimum Gasteiger partial charge on any atom is -0.312 e. The molecule has 0 radical (unpaired) electrons. The highest BCUT2D eigenvalue weighted by atomic mass is 35.5. The molecule has 0 aliphatic carbocycles. The molecule has 0 rings (SSSR count). The van der Waals surface area contributed by atoms with Gasteiger partial charge in [0, 0.05) is 0 Å². The van der Waals surface area contributed by atoms with Crippen LogP contribution in [-0.4, -0.2) is 26.0 Å². The molecule has 1 unspecified atom stereocenters. The first kappa shape index (κ1) is 32.6. The Hall–Kier alpha value is -0.0100. The van der Waals surface area contributed by atoms with Gasteiger partial charge < -0.3 is 4.90 Å². The van der Waals surface area contributed by atoms with Gasteiger partial charge in [0.1, 0.15) is 0 Å². The van der Waals surface area contributed by atoms with Crippen molar-refractivity contribution in [1.82, 2.24) is 4.90 Å². The Labute approximate surface area is 186 Å². The van der Waals surface area contributed by atoms with Crippen LogP contribution in [0.2, 0.25) is 0 Å². The van der Waals surface area contributed by atoms with Crippen LogP contribution in [0.15, 0.2) is 12.7 Å². The Balaban J connectivity index is -0.00000113. The van der Waals surface area contributed by atoms with E-state index in [-0.39, 0.29) is 12.4 Å². The fraction of sp³-hybridized carbons (Fsp3) is 0.923. The van der Waals surface area contributed by atoms with E-state index < -0.39 is 0 Å². The number of nitrogens with zero attached hydrogens (tertiary/aromatic N) is 1. The molecular formula is C26H56ClN. The normalized spacial score (nSPS) is 12.1. The van der Waals surface area contributed by atoms with Crippen LogP contribution in [0, 0.1) is 11.3 Å². The Morgan fingerprint density at radius 2 is 1.11 bits per heavy atom. The number of halogens is 1. The van der Waals surface area contributed by atoms with Gasteiger partial charge in [0.15, 0.2) is 0 Å². The lowest BCUT2D eigenvalue weighted by molar-refractivity contribution is 0.188. The molecule has 1 nitrogen and oxygen atoms in total. The second-order valence-electron chi connectivity index (χ2n) is 9.58. The second-order valence-corrected chi connectivity index (χ2v) is 9.58. The molecule has 0 aromatic carbocycles. The second kappa shape index (κ2) is 23.3. The minimum atomic E-state index is 0. The zero-order valence-corrected chi connectivity index (χ0v) is 21.6. The number of unbranched alkanes of at least 4 members (excludes halogenated alkanes) is 11. The van der Waals surface area contributed by atoms with Gasteiger partial charge in [-0.3, -0.25) is 0 Å². The minimum absolute atomic E-state index is 0. The van der Waals surface area contributed by atoms with Gasteiger partial charge in [-0.1, -0.05) is 117 Å². The average molecular weight is 418 g/mol. The quantitative estimate of drug-likeness (QED) is 0.168. The van der Waals surface area contributed by atoms with Crippen molar-refractivity contribution >= 4 is 12.4 Å². The Kier molecular flexibility index (Phi) is 27.1. The Morgan fingerprint density at radius 3 is 1.43 bits per heavy atom. The first-order valence-corrected chi connectivity index (χ1v) is 12.0. The number of hydrogen-bond donors (Lipinski definition) is 0. The lowest BCUT2D eigenvalue weighted by atomic mass is 9.72. The van der Waals surface area contributed by atoms with Gasteiger partial charge in [-0.15, -0.1) is 19.0 Å². The third-order valence-corrected chi connectivity index (χ3v) is 5.87. The fourth-order valence-electron chi connectivity index (χ4n) is 3.55. The van der Waals surface area contributed by atoms with Crippen LogP contribution in [0.4, 0.5) is 0 Å². The summed E-state index contributed by atoms with van der Waals surface area (Å²) in [5, 5.41) is 0. The highest BCUT2D eigenvalue weighted by Crippen LogP contribution is 2.36. The smallest absolute Gasteiger partial charge is 0.0140 e. The van der Waals surface area contributed by atoms with Crippen LogP contribution in [0.1, 0.15) is 124 Å². The largest absolute Gasteiger partial charge is 0.312 e. The topological polar surface area (TPSA) is 3.24 Å². The van der Waals surface area contributed by atoms with Crippen molar-refractivity contribution < 1.29 is 0 Å². The van der Waals surface area contributed by atoms with E-state index in [0.717, 1.165) is 5.92 Å². The molecule has 0 saturated heterocycles. The van der Waals surface area contributed by atoms with E-state index in [2.05, 4.69) is 40.3 Å². The number of allylic oxidation sites excluding steroid dienone is 1. The number of rotatable bonds is 17. The zero-order chi connectivity index (χ0) is 21.0. The molecule has 0 aliphatic heterocycles. The summed E-state index contributed by atoms with van der Waals surface area (Å²) in [5.74, 6) is 0.827. The first-order chi connectivity index (χ1) is 12.8. The van der Waals surface area contributed by atoms with E-state index in [0.29, 0.717) is 5.41 Å². The van der Waals surface area contributed by atoms with E-state index >= 15 is 0 Å². The molecule has 1 atom stereocenters. The monoisotopic (exact) mass is 417 g/mol. The SMILES string of the molecule is C=CCC(CCCCCCCCCCCCCC)C(C)(C)CC.CN(C)C.Cl. The maximum Gasteiger partial charge on any atom is -0.0140 e. The van der Waals surface area contributed by atoms with Gasteiger partial charge in [0.25, 0.3) is 0 Å². The maximum atomic E-state index is 3.96. The lowest BCUT2D eigenvalue weighted by Crippen LogP contribution is -2.22. The van der Waals surface area contributed by atoms with Crippen LogP contribution >= 0.6 is 12.4 Å². The lowest BCUT2D eigenvalue weighted by Gasteiger charge is -2.33. The van der Waals surface area contributed by atoms with Crippen molar-refractivity contribution in [2.75, 3.05) is 21.1 Å². The van der Waals surface area contributed by atoms with Crippen LogP contribution < -0.4 is 0 Å². The summed E-state index contributed by atoms with van der Waals surface area (Å²) < 4.78 is 0. The predicted octanol–water partition coefficient (Wildman–Crippen LogP) is 9.31. The molecule has 0 saturated carbocycles. The van der Waals surface area contributed by atoms with Crippen molar-refractivity contribution in [3.8, 4) is 0 Å². The summed E-state index contributed by atoms with van der Waals surface area (Å²) >= 11 is 0. The van der Waals surface area contributed by atoms with E-state index in [1.807, 2.05) is 26.0 Å². The third kappa shape index (κ3) is 24.0. The molecule has 0 amide bonds. The highest BCUT2D eigenvalue weighted by molar-refractivity contribution is 5.85. The van der Waals surface area contributed by atoms with Gasteiger partial charge in [-0.05, 0) is 45.3 Å². The molecule has 0 aromatic rings. The van der Waals surface area contributed by atoms with E-state index in [4.69, 9.17) is 0 Å². The summed E-state index contributed by atoms with van der Waals surface area (Å²) in [5.41, 5.74) is 0.478.